The third-order valence-electron chi connectivity index (χ3n) is 3.95. The van der Waals surface area contributed by atoms with Crippen LogP contribution in [0, 0.1) is 0 Å². The first kappa shape index (κ1) is 17.1. The van der Waals surface area contributed by atoms with Crippen molar-refractivity contribution in [3.63, 3.8) is 0 Å². The molecule has 1 aliphatic heterocycles. The molecule has 0 bridgehead atoms. The standard InChI is InChI=1S/C19H20N2O4/c22-18(17-6-1-3-11-20-17)21-15-9-7-14(8-10-15)19(23)25-13-16-5-2-4-12-24-16/h1,3,6-11,16H,2,4-5,12-13H2,(H,21,22). The van der Waals surface area contributed by atoms with Crippen LogP contribution in [0.25, 0.3) is 0 Å². The number of nitrogens with zero attached hydrogens (tertiary/aromatic N) is 1. The molecule has 1 saturated heterocycles. The van der Waals surface area contributed by atoms with Crippen LogP contribution in [0.2, 0.25) is 0 Å². The topological polar surface area (TPSA) is 77.5 Å². The molecule has 2 aromatic rings. The molecule has 3 rings (SSSR count). The van der Waals surface area contributed by atoms with Crippen LogP contribution in [0.15, 0.2) is 48.7 Å². The van der Waals surface area contributed by atoms with Crippen LogP contribution in [0.5, 0.6) is 0 Å². The number of hydrogen-bond donors (Lipinski definition) is 1. The van der Waals surface area contributed by atoms with Gasteiger partial charge in [0.2, 0.25) is 0 Å². The number of hydrogen-bond acceptors (Lipinski definition) is 5. The maximum atomic E-state index is 12.1. The van der Waals surface area contributed by atoms with Gasteiger partial charge in [-0.05, 0) is 55.7 Å². The van der Waals surface area contributed by atoms with Gasteiger partial charge < -0.3 is 14.8 Å². The van der Waals surface area contributed by atoms with E-state index in [9.17, 15) is 9.59 Å². The maximum absolute atomic E-state index is 12.1. The number of carbonyl (C=O) groups is 2. The van der Waals surface area contributed by atoms with Crippen molar-refractivity contribution in [2.75, 3.05) is 18.5 Å². The highest BCUT2D eigenvalue weighted by atomic mass is 16.6. The molecule has 1 N–H and O–H groups in total. The third kappa shape index (κ3) is 4.87. The number of anilines is 1. The molecule has 1 aliphatic rings. The zero-order valence-corrected chi connectivity index (χ0v) is 13.8. The van der Waals surface area contributed by atoms with Gasteiger partial charge >= 0.3 is 5.97 Å². The van der Waals surface area contributed by atoms with Crippen molar-refractivity contribution in [1.82, 2.24) is 4.98 Å². The molecular weight excluding hydrogens is 320 g/mol. The van der Waals surface area contributed by atoms with Crippen molar-refractivity contribution in [3.8, 4) is 0 Å². The maximum Gasteiger partial charge on any atom is 0.338 e. The smallest absolute Gasteiger partial charge is 0.338 e. The Morgan fingerprint density at radius 2 is 2.00 bits per heavy atom. The molecule has 0 radical (unpaired) electrons. The summed E-state index contributed by atoms with van der Waals surface area (Å²) >= 11 is 0. The van der Waals surface area contributed by atoms with E-state index in [4.69, 9.17) is 9.47 Å². The van der Waals surface area contributed by atoms with Gasteiger partial charge in [0, 0.05) is 18.5 Å². The van der Waals surface area contributed by atoms with Gasteiger partial charge in [0.25, 0.3) is 5.91 Å². The van der Waals surface area contributed by atoms with Gasteiger partial charge in [0.05, 0.1) is 11.7 Å². The highest BCUT2D eigenvalue weighted by molar-refractivity contribution is 6.03. The summed E-state index contributed by atoms with van der Waals surface area (Å²) in [6, 6.07) is 11.7. The van der Waals surface area contributed by atoms with Crippen molar-refractivity contribution in [2.24, 2.45) is 0 Å². The van der Waals surface area contributed by atoms with E-state index in [2.05, 4.69) is 10.3 Å². The Morgan fingerprint density at radius 1 is 1.16 bits per heavy atom. The predicted octanol–water partition coefficient (Wildman–Crippen LogP) is 3.06. The molecule has 2 heterocycles. The van der Waals surface area contributed by atoms with Crippen molar-refractivity contribution in [1.29, 1.82) is 0 Å². The Labute approximate surface area is 146 Å². The molecule has 1 atom stereocenters. The number of benzene rings is 1. The molecule has 6 heteroatoms. The number of aromatic nitrogens is 1. The van der Waals surface area contributed by atoms with Crippen LogP contribution in [0.3, 0.4) is 0 Å². The predicted molar refractivity (Wildman–Crippen MR) is 92.5 cm³/mol. The molecule has 6 nitrogen and oxygen atoms in total. The van der Waals surface area contributed by atoms with Crippen molar-refractivity contribution in [2.45, 2.75) is 25.4 Å². The summed E-state index contributed by atoms with van der Waals surface area (Å²) < 4.78 is 10.8. The minimum Gasteiger partial charge on any atom is -0.459 e. The lowest BCUT2D eigenvalue weighted by Gasteiger charge is -2.22. The first-order valence-corrected chi connectivity index (χ1v) is 8.33. The van der Waals surface area contributed by atoms with E-state index < -0.39 is 5.97 Å². The van der Waals surface area contributed by atoms with Gasteiger partial charge in [-0.2, -0.15) is 0 Å². The van der Waals surface area contributed by atoms with E-state index in [0.717, 1.165) is 25.9 Å². The number of nitrogens with one attached hydrogen (secondary N) is 1. The summed E-state index contributed by atoms with van der Waals surface area (Å²) in [7, 11) is 0. The van der Waals surface area contributed by atoms with Crippen LogP contribution in [-0.4, -0.2) is 36.2 Å². The van der Waals surface area contributed by atoms with E-state index in [0.29, 0.717) is 16.9 Å². The lowest BCUT2D eigenvalue weighted by Crippen LogP contribution is -2.25. The molecule has 1 aromatic heterocycles. The SMILES string of the molecule is O=C(OCC1CCCCO1)c1ccc(NC(=O)c2ccccn2)cc1. The second kappa shape index (κ2) is 8.39. The van der Waals surface area contributed by atoms with Crippen molar-refractivity contribution < 1.29 is 19.1 Å². The van der Waals surface area contributed by atoms with E-state index in [-0.39, 0.29) is 18.6 Å². The molecule has 1 unspecified atom stereocenters. The van der Waals surface area contributed by atoms with Gasteiger partial charge in [-0.3, -0.25) is 9.78 Å². The molecule has 1 aromatic carbocycles. The fourth-order valence-electron chi connectivity index (χ4n) is 2.57. The van der Waals surface area contributed by atoms with Crippen molar-refractivity contribution in [3.05, 3.63) is 59.9 Å². The molecule has 0 aliphatic carbocycles. The Kier molecular flexibility index (Phi) is 5.74. The Morgan fingerprint density at radius 3 is 2.68 bits per heavy atom. The fourth-order valence-corrected chi connectivity index (χ4v) is 2.57. The summed E-state index contributed by atoms with van der Waals surface area (Å²) in [6.45, 7) is 1.00. The van der Waals surface area contributed by atoms with E-state index >= 15 is 0 Å². The Hall–Kier alpha value is -2.73. The molecule has 1 amide bonds. The Bertz CT molecular complexity index is 710. The second-order valence-electron chi connectivity index (χ2n) is 5.83. The molecule has 0 saturated carbocycles. The van der Waals surface area contributed by atoms with E-state index in [1.807, 2.05) is 0 Å². The first-order chi connectivity index (χ1) is 12.2. The summed E-state index contributed by atoms with van der Waals surface area (Å²) in [5.41, 5.74) is 1.35. The fraction of sp³-hybridized carbons (Fsp3) is 0.316. The van der Waals surface area contributed by atoms with Crippen LogP contribution in [-0.2, 0) is 9.47 Å². The summed E-state index contributed by atoms with van der Waals surface area (Å²) in [5.74, 6) is -0.692. The van der Waals surface area contributed by atoms with Crippen LogP contribution in [0.1, 0.15) is 40.1 Å². The van der Waals surface area contributed by atoms with E-state index in [1.165, 1.54) is 0 Å². The summed E-state index contributed by atoms with van der Waals surface area (Å²) in [6.07, 6.45) is 4.65. The van der Waals surface area contributed by atoms with Crippen molar-refractivity contribution >= 4 is 17.6 Å². The zero-order chi connectivity index (χ0) is 17.5. The minimum absolute atomic E-state index is 0.00497. The average molecular weight is 340 g/mol. The van der Waals surface area contributed by atoms with Gasteiger partial charge in [0.15, 0.2) is 0 Å². The highest BCUT2D eigenvalue weighted by Gasteiger charge is 2.17. The largest absolute Gasteiger partial charge is 0.459 e. The molecule has 25 heavy (non-hydrogen) atoms. The zero-order valence-electron chi connectivity index (χ0n) is 13.8. The number of rotatable bonds is 5. The molecule has 130 valence electrons. The normalized spacial score (nSPS) is 16.9. The number of esters is 1. The summed E-state index contributed by atoms with van der Waals surface area (Å²) in [4.78, 5) is 28.1. The van der Waals surface area contributed by atoms with E-state index in [1.54, 1.807) is 48.7 Å². The average Bonchev–Trinajstić information content (AvgIpc) is 2.68. The van der Waals surface area contributed by atoms with Crippen LogP contribution < -0.4 is 5.32 Å². The molecular formula is C19H20N2O4. The highest BCUT2D eigenvalue weighted by Crippen LogP contribution is 2.15. The summed E-state index contributed by atoms with van der Waals surface area (Å²) in [5, 5.41) is 2.73. The third-order valence-corrected chi connectivity index (χ3v) is 3.95. The number of pyridine rings is 1. The van der Waals surface area contributed by atoms with Crippen LogP contribution in [0.4, 0.5) is 5.69 Å². The lowest BCUT2D eigenvalue weighted by molar-refractivity contribution is -0.0300. The molecule has 0 spiro atoms. The van der Waals surface area contributed by atoms with Gasteiger partial charge in [-0.1, -0.05) is 6.07 Å². The monoisotopic (exact) mass is 340 g/mol. The van der Waals surface area contributed by atoms with Crippen LogP contribution >= 0.6 is 0 Å². The van der Waals surface area contributed by atoms with Gasteiger partial charge in [-0.15, -0.1) is 0 Å². The first-order valence-electron chi connectivity index (χ1n) is 8.33. The van der Waals surface area contributed by atoms with Gasteiger partial charge in [-0.25, -0.2) is 4.79 Å². The number of ether oxygens (including phenoxy) is 2. The quantitative estimate of drug-likeness (QED) is 0.847. The number of amides is 1. The minimum atomic E-state index is -0.392. The molecule has 1 fully saturated rings. The Balaban J connectivity index is 1.52. The number of carbonyl (C=O) groups excluding carboxylic acids is 2. The lowest BCUT2D eigenvalue weighted by atomic mass is 10.1. The second-order valence-corrected chi connectivity index (χ2v) is 5.83. The van der Waals surface area contributed by atoms with Gasteiger partial charge in [0.1, 0.15) is 12.3 Å².